The smallest absolute Gasteiger partial charge is 0.410 e. The van der Waals surface area contributed by atoms with Gasteiger partial charge in [0, 0.05) is 7.05 Å². The zero-order valence-corrected chi connectivity index (χ0v) is 10.1. The average Bonchev–Trinajstić information content (AvgIpc) is 2.36. The van der Waals surface area contributed by atoms with Crippen LogP contribution in [-0.2, 0) is 0 Å². The summed E-state index contributed by atoms with van der Waals surface area (Å²) in [6.45, 7) is 1.71. The second-order valence-electron chi connectivity index (χ2n) is 3.34. The number of urea groups is 1. The monoisotopic (exact) mass is 250 g/mol. The Morgan fingerprint density at radius 2 is 1.89 bits per heavy atom. The van der Waals surface area contributed by atoms with E-state index in [1.54, 1.807) is 31.2 Å². The lowest BCUT2D eigenvalue weighted by Crippen LogP contribution is -2.25. The van der Waals surface area contributed by atoms with Gasteiger partial charge >= 0.3 is 12.1 Å². The lowest BCUT2D eigenvalue weighted by atomic mass is 10.1. The number of nitrogens with zero attached hydrogens (tertiary/aromatic N) is 1. The molecule has 3 amide bonds. The molecule has 18 heavy (non-hydrogen) atoms. The second-order valence-corrected chi connectivity index (χ2v) is 3.34. The summed E-state index contributed by atoms with van der Waals surface area (Å²) in [5.41, 5.74) is 8.38. The normalized spacial score (nSPS) is 10.7. The van der Waals surface area contributed by atoms with Crippen LogP contribution in [0.4, 0.5) is 9.59 Å². The van der Waals surface area contributed by atoms with Crippen LogP contribution >= 0.6 is 0 Å². The molecule has 0 aliphatic rings. The minimum Gasteiger partial charge on any atom is -0.410 e. The SMILES string of the molecule is CNC(=O)Oc1ccc(/C(C)=N/NC(N)=O)cc1. The number of primary amides is 1. The van der Waals surface area contributed by atoms with Crippen molar-refractivity contribution in [3.63, 3.8) is 0 Å². The maximum atomic E-state index is 11.0. The minimum atomic E-state index is -0.728. The summed E-state index contributed by atoms with van der Waals surface area (Å²) in [4.78, 5) is 21.4. The Labute approximate surface area is 104 Å². The van der Waals surface area contributed by atoms with Crippen LogP contribution < -0.4 is 21.2 Å². The molecule has 1 aromatic carbocycles. The van der Waals surface area contributed by atoms with Crippen molar-refractivity contribution in [2.24, 2.45) is 10.8 Å². The Kier molecular flexibility index (Phi) is 4.67. The van der Waals surface area contributed by atoms with Crippen LogP contribution in [0.3, 0.4) is 0 Å². The number of nitrogens with one attached hydrogen (secondary N) is 2. The third-order valence-electron chi connectivity index (χ3n) is 2.02. The first-order chi connectivity index (χ1) is 8.52. The van der Waals surface area contributed by atoms with Gasteiger partial charge < -0.3 is 15.8 Å². The predicted molar refractivity (Wildman–Crippen MR) is 66.5 cm³/mol. The molecule has 4 N–H and O–H groups in total. The molecule has 0 aliphatic heterocycles. The number of benzene rings is 1. The van der Waals surface area contributed by atoms with Crippen LogP contribution in [0.25, 0.3) is 0 Å². The molecule has 1 rings (SSSR count). The first-order valence-electron chi connectivity index (χ1n) is 5.12. The van der Waals surface area contributed by atoms with Crippen molar-refractivity contribution in [1.82, 2.24) is 10.7 Å². The summed E-state index contributed by atoms with van der Waals surface area (Å²) in [7, 11) is 1.48. The number of hydrazone groups is 1. The van der Waals surface area contributed by atoms with E-state index in [1.165, 1.54) is 7.05 Å². The second kappa shape index (κ2) is 6.24. The lowest BCUT2D eigenvalue weighted by molar-refractivity contribution is 0.203. The Hall–Kier alpha value is -2.57. The number of hydrogen-bond acceptors (Lipinski definition) is 4. The van der Waals surface area contributed by atoms with Gasteiger partial charge in [0.05, 0.1) is 5.71 Å². The summed E-state index contributed by atoms with van der Waals surface area (Å²) in [6.07, 6.45) is -0.538. The Morgan fingerprint density at radius 1 is 1.28 bits per heavy atom. The summed E-state index contributed by atoms with van der Waals surface area (Å²) in [5, 5.41) is 6.11. The quantitative estimate of drug-likeness (QED) is 0.545. The fourth-order valence-corrected chi connectivity index (χ4v) is 1.13. The number of rotatable bonds is 3. The van der Waals surface area contributed by atoms with E-state index in [1.807, 2.05) is 0 Å². The third-order valence-corrected chi connectivity index (χ3v) is 2.02. The molecule has 7 heteroatoms. The zero-order chi connectivity index (χ0) is 13.5. The number of hydrogen-bond donors (Lipinski definition) is 3. The molecule has 0 heterocycles. The van der Waals surface area contributed by atoms with Crippen LogP contribution in [0.15, 0.2) is 29.4 Å². The van der Waals surface area contributed by atoms with Gasteiger partial charge in [-0.25, -0.2) is 15.0 Å². The standard InChI is InChI=1S/C11H14N4O3/c1-7(14-15-10(12)16)8-3-5-9(6-4-8)18-11(17)13-2/h3-6H,1-2H3,(H,13,17)(H3,12,15,16)/b14-7+. The number of carbonyl (C=O) groups excluding carboxylic acids is 2. The van der Waals surface area contributed by atoms with Crippen molar-refractivity contribution in [3.8, 4) is 5.75 Å². The largest absolute Gasteiger partial charge is 0.412 e. The topological polar surface area (TPSA) is 106 Å². The Morgan fingerprint density at radius 3 is 2.39 bits per heavy atom. The summed E-state index contributed by atoms with van der Waals surface area (Å²) < 4.78 is 4.92. The van der Waals surface area contributed by atoms with Crippen molar-refractivity contribution in [2.45, 2.75) is 6.92 Å². The number of ether oxygens (including phenoxy) is 1. The fourth-order valence-electron chi connectivity index (χ4n) is 1.13. The fraction of sp³-hybridized carbons (Fsp3) is 0.182. The Balaban J connectivity index is 2.73. The molecule has 7 nitrogen and oxygen atoms in total. The maximum absolute atomic E-state index is 11.0. The molecule has 0 atom stereocenters. The maximum Gasteiger partial charge on any atom is 0.412 e. The molecule has 0 aromatic heterocycles. The molecule has 0 unspecified atom stereocenters. The van der Waals surface area contributed by atoms with E-state index in [2.05, 4.69) is 15.8 Å². The van der Waals surface area contributed by atoms with E-state index < -0.39 is 12.1 Å². The lowest BCUT2D eigenvalue weighted by Gasteiger charge is -2.05. The van der Waals surface area contributed by atoms with Gasteiger partial charge in [-0.2, -0.15) is 5.10 Å². The van der Waals surface area contributed by atoms with Crippen LogP contribution in [0, 0.1) is 0 Å². The van der Waals surface area contributed by atoms with Crippen molar-refractivity contribution < 1.29 is 14.3 Å². The number of carbonyl (C=O) groups is 2. The summed E-state index contributed by atoms with van der Waals surface area (Å²) in [6, 6.07) is 5.93. The first kappa shape index (κ1) is 13.5. The van der Waals surface area contributed by atoms with Crippen molar-refractivity contribution in [1.29, 1.82) is 0 Å². The molecule has 96 valence electrons. The Bertz CT molecular complexity index is 468. The van der Waals surface area contributed by atoms with Gasteiger partial charge in [0.15, 0.2) is 0 Å². The molecule has 0 aliphatic carbocycles. The number of nitrogens with two attached hydrogens (primary N) is 1. The van der Waals surface area contributed by atoms with Gasteiger partial charge in [-0.15, -0.1) is 0 Å². The first-order valence-corrected chi connectivity index (χ1v) is 5.12. The molecule has 0 fully saturated rings. The van der Waals surface area contributed by atoms with Gasteiger partial charge in [-0.3, -0.25) is 0 Å². The van der Waals surface area contributed by atoms with E-state index in [4.69, 9.17) is 10.5 Å². The van der Waals surface area contributed by atoms with Crippen LogP contribution in [0.5, 0.6) is 5.75 Å². The third kappa shape index (κ3) is 4.12. The average molecular weight is 250 g/mol. The summed E-state index contributed by atoms with van der Waals surface area (Å²) in [5.74, 6) is 0.411. The molecule has 0 radical (unpaired) electrons. The highest BCUT2D eigenvalue weighted by atomic mass is 16.5. The molecule has 0 saturated heterocycles. The van der Waals surface area contributed by atoms with Gasteiger partial charge in [0.1, 0.15) is 5.75 Å². The van der Waals surface area contributed by atoms with E-state index in [9.17, 15) is 9.59 Å². The molecule has 1 aromatic rings. The van der Waals surface area contributed by atoms with Crippen molar-refractivity contribution >= 4 is 17.8 Å². The van der Waals surface area contributed by atoms with E-state index >= 15 is 0 Å². The van der Waals surface area contributed by atoms with Crippen LogP contribution in [-0.4, -0.2) is 24.9 Å². The van der Waals surface area contributed by atoms with Gasteiger partial charge in [-0.05, 0) is 36.8 Å². The van der Waals surface area contributed by atoms with E-state index in [0.29, 0.717) is 11.5 Å². The van der Waals surface area contributed by atoms with Crippen LogP contribution in [0.1, 0.15) is 12.5 Å². The van der Waals surface area contributed by atoms with E-state index in [-0.39, 0.29) is 0 Å². The predicted octanol–water partition coefficient (Wildman–Crippen LogP) is 0.797. The van der Waals surface area contributed by atoms with Gasteiger partial charge in [-0.1, -0.05) is 0 Å². The van der Waals surface area contributed by atoms with Crippen molar-refractivity contribution in [3.05, 3.63) is 29.8 Å². The molecule has 0 spiro atoms. The molecular formula is C11H14N4O3. The van der Waals surface area contributed by atoms with E-state index in [0.717, 1.165) is 5.56 Å². The van der Waals surface area contributed by atoms with Crippen LogP contribution in [0.2, 0.25) is 0 Å². The minimum absolute atomic E-state index is 0.411. The number of amides is 3. The highest BCUT2D eigenvalue weighted by Crippen LogP contribution is 2.12. The molecule has 0 saturated carbocycles. The van der Waals surface area contributed by atoms with Crippen molar-refractivity contribution in [2.75, 3.05) is 7.05 Å². The molecular weight excluding hydrogens is 236 g/mol. The molecule has 0 bridgehead atoms. The highest BCUT2D eigenvalue weighted by Gasteiger charge is 2.02. The zero-order valence-electron chi connectivity index (χ0n) is 10.1. The summed E-state index contributed by atoms with van der Waals surface area (Å²) >= 11 is 0. The van der Waals surface area contributed by atoms with Gasteiger partial charge in [0.2, 0.25) is 0 Å². The van der Waals surface area contributed by atoms with Gasteiger partial charge in [0.25, 0.3) is 0 Å². The highest BCUT2D eigenvalue weighted by molar-refractivity contribution is 5.99.